The minimum atomic E-state index is -4.28. The molecule has 0 bridgehead atoms. The number of hydrogen-bond donors (Lipinski definition) is 3. The molecule has 112 valence electrons. The van der Waals surface area contributed by atoms with Gasteiger partial charge >= 0.3 is 0 Å². The van der Waals surface area contributed by atoms with Gasteiger partial charge in [-0.25, -0.2) is 0 Å². The first-order valence-corrected chi connectivity index (χ1v) is 6.91. The van der Waals surface area contributed by atoms with Gasteiger partial charge in [-0.3, -0.25) is 14.7 Å². The van der Waals surface area contributed by atoms with Gasteiger partial charge in [-0.05, 0) is 24.3 Å². The molecule has 21 heavy (non-hydrogen) atoms. The highest BCUT2D eigenvalue weighted by atomic mass is 32.2. The molecule has 0 aliphatic rings. The van der Waals surface area contributed by atoms with E-state index in [2.05, 4.69) is 0 Å². The van der Waals surface area contributed by atoms with Gasteiger partial charge in [0, 0.05) is 17.8 Å². The van der Waals surface area contributed by atoms with Crippen molar-refractivity contribution in [3.05, 3.63) is 58.6 Å². The van der Waals surface area contributed by atoms with Gasteiger partial charge in [-0.15, -0.1) is 0 Å². The number of nitrogens with zero attached hydrogens (tertiary/aromatic N) is 1. The number of nitrogens with two attached hydrogens (primary N) is 1. The minimum absolute atomic E-state index is 0.0641. The fraction of sp³-hybridized carbons (Fsp3) is 0. The molecule has 0 aromatic heterocycles. The van der Waals surface area contributed by atoms with Crippen LogP contribution in [0.4, 0.5) is 11.4 Å². The fourth-order valence-corrected chi connectivity index (χ4v) is 1.85. The van der Waals surface area contributed by atoms with Crippen molar-refractivity contribution in [3.63, 3.8) is 0 Å². The van der Waals surface area contributed by atoms with E-state index in [0.29, 0.717) is 5.69 Å². The molecular formula is C12H12N2O6S. The first-order valence-electron chi connectivity index (χ1n) is 5.47. The second-order valence-electron chi connectivity index (χ2n) is 3.79. The number of phenolic OH excluding ortho intramolecular Hbond substituents is 1. The van der Waals surface area contributed by atoms with Crippen LogP contribution >= 0.6 is 0 Å². The van der Waals surface area contributed by atoms with Crippen LogP contribution in [0.1, 0.15) is 0 Å². The molecule has 0 radical (unpaired) electrons. The van der Waals surface area contributed by atoms with E-state index >= 15 is 0 Å². The first-order chi connectivity index (χ1) is 9.71. The summed E-state index contributed by atoms with van der Waals surface area (Å²) in [5, 5.41) is 19.0. The van der Waals surface area contributed by atoms with Crippen molar-refractivity contribution in [2.45, 2.75) is 4.90 Å². The van der Waals surface area contributed by atoms with Gasteiger partial charge in [-0.2, -0.15) is 8.42 Å². The van der Waals surface area contributed by atoms with Crippen LogP contribution in [-0.4, -0.2) is 23.0 Å². The van der Waals surface area contributed by atoms with Gasteiger partial charge in [0.05, 0.1) is 4.92 Å². The Bertz CT molecular complexity index is 728. The summed E-state index contributed by atoms with van der Waals surface area (Å²) >= 11 is 0. The summed E-state index contributed by atoms with van der Waals surface area (Å²) in [6.07, 6.45) is 0. The maximum atomic E-state index is 10.4. The molecule has 0 unspecified atom stereocenters. The van der Waals surface area contributed by atoms with Crippen molar-refractivity contribution < 1.29 is 23.0 Å². The lowest BCUT2D eigenvalue weighted by molar-refractivity contribution is -0.384. The molecule has 0 saturated heterocycles. The van der Waals surface area contributed by atoms with Gasteiger partial charge in [0.1, 0.15) is 10.6 Å². The van der Waals surface area contributed by atoms with Crippen molar-refractivity contribution in [3.8, 4) is 5.75 Å². The predicted molar refractivity (Wildman–Crippen MR) is 75.4 cm³/mol. The Labute approximate surface area is 120 Å². The lowest BCUT2D eigenvalue weighted by Gasteiger charge is -1.97. The third kappa shape index (κ3) is 5.09. The highest BCUT2D eigenvalue weighted by Crippen LogP contribution is 2.20. The van der Waals surface area contributed by atoms with Crippen molar-refractivity contribution in [2.75, 3.05) is 5.73 Å². The quantitative estimate of drug-likeness (QED) is 0.332. The van der Waals surface area contributed by atoms with Crippen LogP contribution in [0.2, 0.25) is 0 Å². The maximum absolute atomic E-state index is 10.4. The SMILES string of the molecule is Nc1ccc([N+](=O)[O-])cc1.O=S(=O)(O)c1ccccc1O. The number of para-hydroxylation sites is 1. The highest BCUT2D eigenvalue weighted by molar-refractivity contribution is 7.86. The lowest BCUT2D eigenvalue weighted by Crippen LogP contribution is -1.97. The Hall–Kier alpha value is -2.65. The van der Waals surface area contributed by atoms with Gasteiger partial charge in [0.25, 0.3) is 15.8 Å². The average molecular weight is 312 g/mol. The summed E-state index contributed by atoms with van der Waals surface area (Å²) in [6.45, 7) is 0. The molecule has 8 nitrogen and oxygen atoms in total. The standard InChI is InChI=1S/C6H6N2O2.C6H6O4S/c7-5-1-3-6(4-2-5)8(9)10;7-5-3-1-2-4-6(5)11(8,9)10/h1-4H,7H2;1-4,7H,(H,8,9,10). The number of nitrogen functional groups attached to an aromatic ring is 1. The number of aromatic hydroxyl groups is 1. The van der Waals surface area contributed by atoms with E-state index in [-0.39, 0.29) is 5.69 Å². The molecule has 2 rings (SSSR count). The lowest BCUT2D eigenvalue weighted by atomic mass is 10.3. The van der Waals surface area contributed by atoms with E-state index in [1.807, 2.05) is 0 Å². The van der Waals surface area contributed by atoms with Crippen LogP contribution in [0, 0.1) is 10.1 Å². The van der Waals surface area contributed by atoms with Crippen LogP contribution in [-0.2, 0) is 10.1 Å². The van der Waals surface area contributed by atoms with Gasteiger partial charge in [0.2, 0.25) is 0 Å². The largest absolute Gasteiger partial charge is 0.506 e. The van der Waals surface area contributed by atoms with Gasteiger partial charge in [-0.1, -0.05) is 12.1 Å². The third-order valence-corrected chi connectivity index (χ3v) is 3.15. The summed E-state index contributed by atoms with van der Waals surface area (Å²) < 4.78 is 29.4. The number of hydrogen-bond acceptors (Lipinski definition) is 6. The summed E-state index contributed by atoms with van der Waals surface area (Å²) in [5.41, 5.74) is 5.90. The van der Waals surface area contributed by atoms with E-state index in [1.165, 1.54) is 42.5 Å². The Morgan fingerprint density at radius 2 is 1.57 bits per heavy atom. The summed E-state index contributed by atoms with van der Waals surface area (Å²) in [5.74, 6) is -0.449. The van der Waals surface area contributed by atoms with E-state index in [4.69, 9.17) is 15.4 Å². The predicted octanol–water partition coefficient (Wildman–Crippen LogP) is 1.82. The third-order valence-electron chi connectivity index (χ3n) is 2.25. The number of benzene rings is 2. The number of rotatable bonds is 2. The first kappa shape index (κ1) is 16.4. The van der Waals surface area contributed by atoms with Crippen LogP contribution in [0.5, 0.6) is 5.75 Å². The number of anilines is 1. The number of non-ortho nitro benzene ring substituents is 1. The minimum Gasteiger partial charge on any atom is -0.506 e. The molecule has 0 spiro atoms. The molecule has 9 heteroatoms. The molecule has 0 amide bonds. The summed E-state index contributed by atoms with van der Waals surface area (Å²) in [6, 6.07) is 10.9. The topological polar surface area (TPSA) is 144 Å². The van der Waals surface area contributed by atoms with Crippen molar-refractivity contribution in [1.29, 1.82) is 0 Å². The zero-order valence-electron chi connectivity index (χ0n) is 10.6. The van der Waals surface area contributed by atoms with Gasteiger partial charge in [0.15, 0.2) is 0 Å². The Morgan fingerprint density at radius 1 is 1.05 bits per heavy atom. The van der Waals surface area contributed by atoms with E-state index in [1.54, 1.807) is 0 Å². The zero-order valence-corrected chi connectivity index (χ0v) is 11.4. The highest BCUT2D eigenvalue weighted by Gasteiger charge is 2.12. The second-order valence-corrected chi connectivity index (χ2v) is 5.18. The monoisotopic (exact) mass is 312 g/mol. The van der Waals surface area contributed by atoms with Crippen LogP contribution < -0.4 is 5.73 Å². The molecule has 0 atom stereocenters. The molecular weight excluding hydrogens is 300 g/mol. The van der Waals surface area contributed by atoms with Crippen LogP contribution in [0.25, 0.3) is 0 Å². The maximum Gasteiger partial charge on any atom is 0.298 e. The molecule has 4 N–H and O–H groups in total. The second kappa shape index (κ2) is 6.68. The summed E-state index contributed by atoms with van der Waals surface area (Å²) in [7, 11) is -4.28. The Morgan fingerprint density at radius 3 is 1.95 bits per heavy atom. The van der Waals surface area contributed by atoms with E-state index in [0.717, 1.165) is 6.07 Å². The smallest absolute Gasteiger partial charge is 0.298 e. The molecule has 0 aliphatic heterocycles. The van der Waals surface area contributed by atoms with E-state index < -0.39 is 25.7 Å². The fourth-order valence-electron chi connectivity index (χ4n) is 1.27. The molecule has 0 aliphatic carbocycles. The van der Waals surface area contributed by atoms with E-state index in [9.17, 15) is 18.5 Å². The normalized spacial score (nSPS) is 10.3. The zero-order chi connectivity index (χ0) is 16.0. The number of nitro groups is 1. The number of nitro benzene ring substituents is 1. The van der Waals surface area contributed by atoms with Crippen LogP contribution in [0.15, 0.2) is 53.4 Å². The van der Waals surface area contributed by atoms with Crippen molar-refractivity contribution in [2.24, 2.45) is 0 Å². The summed E-state index contributed by atoms with van der Waals surface area (Å²) in [4.78, 5) is 9.15. The Kier molecular flexibility index (Phi) is 5.22. The molecule has 2 aromatic rings. The number of phenols is 1. The average Bonchev–Trinajstić information content (AvgIpc) is 2.39. The molecule has 0 heterocycles. The van der Waals surface area contributed by atoms with Gasteiger partial charge < -0.3 is 10.8 Å². The van der Waals surface area contributed by atoms with Crippen molar-refractivity contribution >= 4 is 21.5 Å². The Balaban J connectivity index is 0.000000211. The molecule has 2 aromatic carbocycles. The van der Waals surface area contributed by atoms with Crippen molar-refractivity contribution in [1.82, 2.24) is 0 Å². The molecule has 0 fully saturated rings. The van der Waals surface area contributed by atoms with Crippen LogP contribution in [0.3, 0.4) is 0 Å². The molecule has 0 saturated carbocycles.